The number of carboxylic acid groups (broad SMARTS) is 1. The highest BCUT2D eigenvalue weighted by atomic mass is 16.8. The number of allylic oxidation sites excluding steroid dienone is 1. The molecule has 5 saturated carbocycles. The smallest absolute Gasteiger partial charge is 0.338 e. The van der Waals surface area contributed by atoms with Gasteiger partial charge in [-0.3, -0.25) is 4.79 Å². The van der Waals surface area contributed by atoms with Gasteiger partial charge in [-0.2, -0.15) is 0 Å². The number of carbonyl (C=O) groups is 4. The Hall–Kier alpha value is -4.96. The number of rotatable bonds is 12. The van der Waals surface area contributed by atoms with Gasteiger partial charge in [-0.25, -0.2) is 14.4 Å². The first kappa shape index (κ1) is 55.9. The quantitative estimate of drug-likeness (QED) is 0.0786. The van der Waals surface area contributed by atoms with Crippen LogP contribution >= 0.6 is 0 Å². The topological polar surface area (TPSA) is 172 Å². The van der Waals surface area contributed by atoms with Crippen LogP contribution in [0.25, 0.3) is 0 Å². The summed E-state index contributed by atoms with van der Waals surface area (Å²) in [5.41, 5.74) is 0.856. The van der Waals surface area contributed by atoms with Crippen LogP contribution in [0.2, 0.25) is 0 Å². The van der Waals surface area contributed by atoms with Crippen molar-refractivity contribution < 1.29 is 66.9 Å². The zero-order valence-corrected chi connectivity index (χ0v) is 47.6. The zero-order chi connectivity index (χ0) is 56.0. The van der Waals surface area contributed by atoms with E-state index in [1.165, 1.54) is 0 Å². The first-order valence-corrected chi connectivity index (χ1v) is 29.1. The fourth-order valence-electron chi connectivity index (χ4n) is 17.8. The summed E-state index contributed by atoms with van der Waals surface area (Å²) in [5.74, 6) is -2.40. The molecule has 79 heavy (non-hydrogen) atoms. The Morgan fingerprint density at radius 3 is 1.76 bits per heavy atom. The normalized spacial score (nSPS) is 41.7. The monoisotopic (exact) mass is 1090 g/mol. The van der Waals surface area contributed by atoms with Crippen LogP contribution in [0.3, 0.4) is 0 Å². The minimum absolute atomic E-state index is 0.00830. The third-order valence-electron chi connectivity index (χ3n) is 21.7. The minimum Gasteiger partial charge on any atom is -0.481 e. The predicted octanol–water partition coefficient (Wildman–Crippen LogP) is 11.8. The van der Waals surface area contributed by atoms with Gasteiger partial charge < -0.3 is 47.7 Å². The summed E-state index contributed by atoms with van der Waals surface area (Å²) in [6.07, 6.45) is -1.06. The van der Waals surface area contributed by atoms with Gasteiger partial charge >= 0.3 is 23.9 Å². The maximum absolute atomic E-state index is 14.3. The molecule has 0 bridgehead atoms. The molecule has 8 aliphatic rings. The van der Waals surface area contributed by atoms with Crippen molar-refractivity contribution >= 4 is 23.9 Å². The van der Waals surface area contributed by atoms with Crippen molar-refractivity contribution in [3.05, 3.63) is 120 Å². The number of ether oxygens (including phenoxy) is 9. The second-order valence-electron chi connectivity index (χ2n) is 26.5. The molecule has 0 spiro atoms. The summed E-state index contributed by atoms with van der Waals surface area (Å²) in [5, 5.41) is 10.9. The second kappa shape index (κ2) is 20.8. The van der Waals surface area contributed by atoms with E-state index in [0.717, 1.165) is 69.8 Å². The number of esters is 3. The Kier molecular flexibility index (Phi) is 14.7. The van der Waals surface area contributed by atoms with E-state index in [0.29, 0.717) is 17.8 Å². The van der Waals surface area contributed by atoms with E-state index in [1.807, 2.05) is 13.8 Å². The van der Waals surface area contributed by atoms with Crippen LogP contribution in [-0.4, -0.2) is 103 Å². The van der Waals surface area contributed by atoms with E-state index < -0.39 is 90.4 Å². The molecule has 8 fully saturated rings. The number of carboxylic acids is 1. The lowest BCUT2D eigenvalue weighted by atomic mass is 9.32. The number of aliphatic carboxylic acids is 1. The standard InChI is InChI=1S/C65H82O14/c1-37(2)42-28-33-65(59(69)70)35-34-63(9)43(48(42)65)26-27-46-62(8)31-30-47(60(4,5)45(62)29-32-64(46,63)10)73-57-52(50-44(36-71-57)78-61(6,7)79-50)77-58-53(76-56(68)41-24-18-13-19-25-41)51(75-55(67)40-22-16-12-17-23-40)49(38(3)72-58)74-54(66)39-20-14-11-15-21-39/h11-25,38,42-53,57-58H,1,26-36H2,2-10H3,(H,69,70)/t38-,42-,43+,44-,45-,46+,47-,48+,49-,50-,51+,52+,53+,57-,58-,62-,63+,64+,65-/m0/s1. The molecule has 3 heterocycles. The van der Waals surface area contributed by atoms with Crippen molar-refractivity contribution in [2.75, 3.05) is 6.61 Å². The molecule has 5 aliphatic carbocycles. The van der Waals surface area contributed by atoms with Crippen LogP contribution in [0.5, 0.6) is 0 Å². The Morgan fingerprint density at radius 2 is 1.18 bits per heavy atom. The van der Waals surface area contributed by atoms with Crippen LogP contribution < -0.4 is 0 Å². The van der Waals surface area contributed by atoms with Gasteiger partial charge in [-0.15, -0.1) is 0 Å². The molecule has 0 radical (unpaired) electrons. The first-order valence-electron chi connectivity index (χ1n) is 29.1. The van der Waals surface area contributed by atoms with E-state index >= 15 is 0 Å². The van der Waals surface area contributed by atoms with Crippen LogP contribution in [-0.2, 0) is 47.4 Å². The van der Waals surface area contributed by atoms with Crippen molar-refractivity contribution in [2.24, 2.45) is 56.7 Å². The number of benzene rings is 3. The average Bonchev–Trinajstić information content (AvgIpc) is 2.26. The van der Waals surface area contributed by atoms with E-state index in [9.17, 15) is 24.3 Å². The molecule has 14 heteroatoms. The molecule has 0 unspecified atom stereocenters. The summed E-state index contributed by atoms with van der Waals surface area (Å²) in [6, 6.07) is 25.3. The van der Waals surface area contributed by atoms with E-state index in [2.05, 4.69) is 48.1 Å². The van der Waals surface area contributed by atoms with Gasteiger partial charge in [0.2, 0.25) is 0 Å². The third-order valence-corrected chi connectivity index (χ3v) is 21.7. The number of carbonyl (C=O) groups excluding carboxylic acids is 3. The molecule has 0 amide bonds. The lowest BCUT2D eigenvalue weighted by Crippen LogP contribution is -2.67. The minimum atomic E-state index is -1.51. The molecule has 11 rings (SSSR count). The zero-order valence-electron chi connectivity index (χ0n) is 47.6. The highest BCUT2D eigenvalue weighted by Crippen LogP contribution is 2.77. The highest BCUT2D eigenvalue weighted by molar-refractivity contribution is 5.91. The van der Waals surface area contributed by atoms with Crippen molar-refractivity contribution in [2.45, 2.75) is 194 Å². The van der Waals surface area contributed by atoms with Crippen molar-refractivity contribution in [3.63, 3.8) is 0 Å². The van der Waals surface area contributed by atoms with Gasteiger partial charge in [-0.1, -0.05) is 101 Å². The third kappa shape index (κ3) is 9.49. The summed E-state index contributed by atoms with van der Waals surface area (Å²) in [6.45, 7) is 24.4. The largest absolute Gasteiger partial charge is 0.481 e. The van der Waals surface area contributed by atoms with Crippen molar-refractivity contribution in [3.8, 4) is 0 Å². The summed E-state index contributed by atoms with van der Waals surface area (Å²) >= 11 is 0. The van der Waals surface area contributed by atoms with Crippen molar-refractivity contribution in [1.29, 1.82) is 0 Å². The molecule has 3 aromatic rings. The molecule has 426 valence electrons. The lowest BCUT2D eigenvalue weighted by molar-refractivity contribution is -0.357. The van der Waals surface area contributed by atoms with Gasteiger partial charge in [-0.05, 0) is 180 Å². The van der Waals surface area contributed by atoms with Gasteiger partial charge in [0.05, 0.1) is 40.9 Å². The molecule has 19 atom stereocenters. The fraction of sp³-hybridized carbons (Fsp3) is 0.631. The highest BCUT2D eigenvalue weighted by Gasteiger charge is 2.72. The Morgan fingerprint density at radius 1 is 0.595 bits per heavy atom. The SMILES string of the molecule is C=C(C)[C@@H]1CC[C@]2(C(=O)O)CC[C@]3(C)[C@H](CC[C@@H]4[C@@]5(C)CC[C@H](O[C@@H]6OC[C@@H]7OC(C)(C)O[C@@H]7[C@H]6O[C@@H]6O[C@@H](C)[C@H](OC(=O)c7ccccc7)[C@@H](OC(=O)c7ccccc7)[C@H]6OC(=O)c6ccccc6)C(C)(C)[C@@H]5CC[C@]43C)[C@@H]12. The Bertz CT molecular complexity index is 2770. The molecule has 1 N–H and O–H groups in total. The fourth-order valence-corrected chi connectivity index (χ4v) is 17.8. The van der Waals surface area contributed by atoms with E-state index in [4.69, 9.17) is 42.6 Å². The second-order valence-corrected chi connectivity index (χ2v) is 26.5. The van der Waals surface area contributed by atoms with Crippen molar-refractivity contribution in [1.82, 2.24) is 0 Å². The van der Waals surface area contributed by atoms with Gasteiger partial charge in [0.25, 0.3) is 0 Å². The molecular weight excluding hydrogens is 1000 g/mol. The average molecular weight is 1090 g/mol. The maximum atomic E-state index is 14.3. The van der Waals surface area contributed by atoms with Gasteiger partial charge in [0.15, 0.2) is 36.7 Å². The predicted molar refractivity (Wildman–Crippen MR) is 291 cm³/mol. The van der Waals surface area contributed by atoms with Crippen LogP contribution in [0, 0.1) is 56.7 Å². The number of hydrogen-bond acceptors (Lipinski definition) is 13. The van der Waals surface area contributed by atoms with Crippen LogP contribution in [0.1, 0.15) is 158 Å². The number of hydrogen-bond donors (Lipinski definition) is 1. The van der Waals surface area contributed by atoms with Crippen LogP contribution in [0.15, 0.2) is 103 Å². The summed E-state index contributed by atoms with van der Waals surface area (Å²) < 4.78 is 60.0. The number of fused-ring (bicyclic) bond motifs is 8. The Balaban J connectivity index is 0.894. The molecule has 14 nitrogen and oxygen atoms in total. The summed E-state index contributed by atoms with van der Waals surface area (Å²) in [4.78, 5) is 55.7. The Labute approximate surface area is 465 Å². The molecule has 0 aromatic heterocycles. The molecule has 3 aromatic carbocycles. The first-order chi connectivity index (χ1) is 37.5. The molecule has 3 saturated heterocycles. The van der Waals surface area contributed by atoms with E-state index in [-0.39, 0.29) is 62.9 Å². The van der Waals surface area contributed by atoms with Gasteiger partial charge in [0, 0.05) is 0 Å². The van der Waals surface area contributed by atoms with Gasteiger partial charge in [0.1, 0.15) is 18.3 Å². The molecular formula is C65H82O14. The maximum Gasteiger partial charge on any atom is 0.338 e. The van der Waals surface area contributed by atoms with Crippen LogP contribution in [0.4, 0.5) is 0 Å². The van der Waals surface area contributed by atoms with E-state index in [1.54, 1.807) is 97.9 Å². The molecule has 3 aliphatic heterocycles. The summed E-state index contributed by atoms with van der Waals surface area (Å²) in [7, 11) is 0. The lowest BCUT2D eigenvalue weighted by Gasteiger charge is -2.73.